The maximum atomic E-state index is 14.1. The van der Waals surface area contributed by atoms with Crippen LogP contribution in [0.15, 0.2) is 78.9 Å². The zero-order valence-corrected chi connectivity index (χ0v) is 18.3. The standard InChI is InChI=1S/C24H17ClF2N6O/c25-17-8-6-16(7-9-17)22-13-21(15-4-2-1-3-5-15)32(24-29-30-31-33(22)24)14-23(34)28-20-11-10-18(26)12-19(20)27/h1-13,22H,14H2,(H,28,34)/t22-/m1/s1. The first-order valence-electron chi connectivity index (χ1n) is 10.3. The first kappa shape index (κ1) is 21.7. The van der Waals surface area contributed by atoms with Gasteiger partial charge in [-0.05, 0) is 51.9 Å². The summed E-state index contributed by atoms with van der Waals surface area (Å²) in [6.45, 7) is -0.203. The molecule has 1 aliphatic heterocycles. The van der Waals surface area contributed by atoms with E-state index in [0.717, 1.165) is 17.2 Å². The SMILES string of the molecule is O=C(CN1C(c2ccccc2)=C[C@H](c2ccc(Cl)cc2)n2nnnc21)Nc1ccc(F)cc1F. The Morgan fingerprint density at radius 3 is 2.53 bits per heavy atom. The summed E-state index contributed by atoms with van der Waals surface area (Å²) in [5.41, 5.74) is 2.34. The first-order valence-corrected chi connectivity index (χ1v) is 10.7. The van der Waals surface area contributed by atoms with Crippen LogP contribution in [0.2, 0.25) is 5.02 Å². The van der Waals surface area contributed by atoms with Crippen molar-refractivity contribution in [3.05, 3.63) is 107 Å². The first-order chi connectivity index (χ1) is 16.5. The monoisotopic (exact) mass is 478 g/mol. The Bertz CT molecular complexity index is 1370. The quantitative estimate of drug-likeness (QED) is 0.450. The van der Waals surface area contributed by atoms with Crippen LogP contribution in [0.25, 0.3) is 5.70 Å². The number of carbonyl (C=O) groups is 1. The van der Waals surface area contributed by atoms with Gasteiger partial charge in [-0.1, -0.05) is 59.2 Å². The van der Waals surface area contributed by atoms with E-state index in [-0.39, 0.29) is 18.3 Å². The molecule has 34 heavy (non-hydrogen) atoms. The smallest absolute Gasteiger partial charge is 0.251 e. The molecule has 1 aromatic heterocycles. The van der Waals surface area contributed by atoms with E-state index in [9.17, 15) is 13.6 Å². The summed E-state index contributed by atoms with van der Waals surface area (Å²) in [5, 5.41) is 15.2. The maximum Gasteiger partial charge on any atom is 0.251 e. The minimum absolute atomic E-state index is 0.118. The van der Waals surface area contributed by atoms with Crippen LogP contribution in [0.5, 0.6) is 0 Å². The topological polar surface area (TPSA) is 75.9 Å². The van der Waals surface area contributed by atoms with Crippen LogP contribution in [0.1, 0.15) is 17.2 Å². The molecule has 0 saturated heterocycles. The van der Waals surface area contributed by atoms with E-state index in [1.165, 1.54) is 6.07 Å². The van der Waals surface area contributed by atoms with Gasteiger partial charge in [-0.3, -0.25) is 9.69 Å². The number of carbonyl (C=O) groups excluding carboxylic acids is 1. The van der Waals surface area contributed by atoms with Crippen LogP contribution in [0, 0.1) is 11.6 Å². The van der Waals surface area contributed by atoms with Gasteiger partial charge in [-0.2, -0.15) is 4.68 Å². The van der Waals surface area contributed by atoms with E-state index in [1.54, 1.807) is 21.7 Å². The van der Waals surface area contributed by atoms with Crippen molar-refractivity contribution < 1.29 is 13.6 Å². The molecule has 0 unspecified atom stereocenters. The molecule has 4 aromatic rings. The molecule has 2 heterocycles. The summed E-state index contributed by atoms with van der Waals surface area (Å²) in [7, 11) is 0. The molecule has 1 amide bonds. The van der Waals surface area contributed by atoms with Crippen molar-refractivity contribution in [2.24, 2.45) is 0 Å². The van der Waals surface area contributed by atoms with Gasteiger partial charge in [-0.25, -0.2) is 8.78 Å². The molecule has 0 radical (unpaired) electrons. The Labute approximate surface area is 198 Å². The molecule has 1 aliphatic rings. The van der Waals surface area contributed by atoms with Gasteiger partial charge >= 0.3 is 0 Å². The lowest BCUT2D eigenvalue weighted by atomic mass is 10.0. The van der Waals surface area contributed by atoms with Gasteiger partial charge in [0.05, 0.1) is 11.4 Å². The molecular formula is C24H17ClF2N6O. The van der Waals surface area contributed by atoms with Gasteiger partial charge in [0.15, 0.2) is 0 Å². The lowest BCUT2D eigenvalue weighted by Crippen LogP contribution is -2.37. The molecule has 170 valence electrons. The zero-order chi connectivity index (χ0) is 23.7. The van der Waals surface area contributed by atoms with Gasteiger partial charge < -0.3 is 5.32 Å². The number of hydrogen-bond acceptors (Lipinski definition) is 5. The average molecular weight is 479 g/mol. The van der Waals surface area contributed by atoms with Crippen molar-refractivity contribution in [1.29, 1.82) is 0 Å². The number of amides is 1. The number of allylic oxidation sites excluding steroid dienone is 1. The van der Waals surface area contributed by atoms with Gasteiger partial charge in [0, 0.05) is 11.1 Å². The molecule has 1 N–H and O–H groups in total. The fourth-order valence-electron chi connectivity index (χ4n) is 3.80. The third kappa shape index (κ3) is 4.25. The predicted octanol–water partition coefficient (Wildman–Crippen LogP) is 4.69. The minimum atomic E-state index is -0.863. The van der Waals surface area contributed by atoms with E-state index in [4.69, 9.17) is 11.6 Å². The number of benzene rings is 3. The maximum absolute atomic E-state index is 14.1. The number of aromatic nitrogens is 4. The number of halogens is 3. The second kappa shape index (κ2) is 9.03. The molecule has 3 aromatic carbocycles. The summed E-state index contributed by atoms with van der Waals surface area (Å²) < 4.78 is 28.9. The lowest BCUT2D eigenvalue weighted by Gasteiger charge is -2.32. The number of nitrogens with zero attached hydrogens (tertiary/aromatic N) is 5. The van der Waals surface area contributed by atoms with Gasteiger partial charge in [0.1, 0.15) is 24.2 Å². The van der Waals surface area contributed by atoms with Crippen LogP contribution in [0.4, 0.5) is 20.4 Å². The van der Waals surface area contributed by atoms with Gasteiger partial charge in [0.25, 0.3) is 5.95 Å². The second-order valence-corrected chi connectivity index (χ2v) is 8.03. The molecule has 1 atom stereocenters. The minimum Gasteiger partial charge on any atom is -0.322 e. The van der Waals surface area contributed by atoms with E-state index in [2.05, 4.69) is 20.8 Å². The zero-order valence-electron chi connectivity index (χ0n) is 17.6. The van der Waals surface area contributed by atoms with Crippen molar-refractivity contribution in [2.45, 2.75) is 6.04 Å². The number of fused-ring (bicyclic) bond motifs is 1. The second-order valence-electron chi connectivity index (χ2n) is 7.60. The molecule has 7 nitrogen and oxygen atoms in total. The fourth-order valence-corrected chi connectivity index (χ4v) is 3.93. The summed E-state index contributed by atoms with van der Waals surface area (Å²) in [6, 6.07) is 19.4. The number of nitrogens with one attached hydrogen (secondary N) is 1. The number of anilines is 2. The van der Waals surface area contributed by atoms with Crippen LogP contribution in [-0.2, 0) is 4.79 Å². The lowest BCUT2D eigenvalue weighted by molar-refractivity contribution is -0.114. The van der Waals surface area contributed by atoms with Crippen LogP contribution in [-0.4, -0.2) is 32.7 Å². The van der Waals surface area contributed by atoms with Crippen molar-refractivity contribution in [3.63, 3.8) is 0 Å². The molecule has 0 aliphatic carbocycles. The van der Waals surface area contributed by atoms with Gasteiger partial charge in [0.2, 0.25) is 5.91 Å². The molecular weight excluding hydrogens is 462 g/mol. The summed E-state index contributed by atoms with van der Waals surface area (Å²) >= 11 is 6.06. The van der Waals surface area contributed by atoms with E-state index < -0.39 is 17.5 Å². The average Bonchev–Trinajstić information content (AvgIpc) is 3.33. The Hall–Kier alpha value is -4.11. The molecule has 0 bridgehead atoms. The Morgan fingerprint density at radius 2 is 1.79 bits per heavy atom. The molecule has 10 heteroatoms. The third-order valence-corrected chi connectivity index (χ3v) is 5.63. The molecule has 0 saturated carbocycles. The molecule has 0 spiro atoms. The Kier molecular flexibility index (Phi) is 5.77. The van der Waals surface area contributed by atoms with Crippen molar-refractivity contribution in [3.8, 4) is 0 Å². The Morgan fingerprint density at radius 1 is 1.03 bits per heavy atom. The van der Waals surface area contributed by atoms with Crippen LogP contribution < -0.4 is 10.2 Å². The van der Waals surface area contributed by atoms with Crippen LogP contribution in [0.3, 0.4) is 0 Å². The summed E-state index contributed by atoms with van der Waals surface area (Å²) in [5.74, 6) is -1.77. The molecule has 5 rings (SSSR count). The highest BCUT2D eigenvalue weighted by Crippen LogP contribution is 2.36. The number of tetrazole rings is 1. The van der Waals surface area contributed by atoms with E-state index in [0.29, 0.717) is 22.7 Å². The van der Waals surface area contributed by atoms with Crippen molar-refractivity contribution in [2.75, 3.05) is 16.8 Å². The highest BCUT2D eigenvalue weighted by molar-refractivity contribution is 6.30. The predicted molar refractivity (Wildman–Crippen MR) is 124 cm³/mol. The summed E-state index contributed by atoms with van der Waals surface area (Å²) in [6.07, 6.45) is 1.95. The highest BCUT2D eigenvalue weighted by Gasteiger charge is 2.32. The molecule has 0 fully saturated rings. The normalized spacial score (nSPS) is 15.0. The summed E-state index contributed by atoms with van der Waals surface area (Å²) in [4.78, 5) is 14.5. The highest BCUT2D eigenvalue weighted by atomic mass is 35.5. The van der Waals surface area contributed by atoms with Crippen molar-refractivity contribution in [1.82, 2.24) is 20.2 Å². The fraction of sp³-hybridized carbons (Fsp3) is 0.0833. The van der Waals surface area contributed by atoms with Crippen LogP contribution >= 0.6 is 11.6 Å². The number of rotatable bonds is 5. The largest absolute Gasteiger partial charge is 0.322 e. The van der Waals surface area contributed by atoms with Crippen molar-refractivity contribution >= 4 is 34.8 Å². The third-order valence-electron chi connectivity index (χ3n) is 5.37. The van der Waals surface area contributed by atoms with E-state index >= 15 is 0 Å². The van der Waals surface area contributed by atoms with Gasteiger partial charge in [-0.15, -0.1) is 0 Å². The Balaban J connectivity index is 1.52. The number of hydrogen-bond donors (Lipinski definition) is 1. The van der Waals surface area contributed by atoms with E-state index in [1.807, 2.05) is 48.5 Å².